The first-order valence-corrected chi connectivity index (χ1v) is 9.18. The van der Waals surface area contributed by atoms with Crippen molar-refractivity contribution in [3.05, 3.63) is 0 Å². The topological polar surface area (TPSA) is 70.1 Å². The molecule has 136 valence electrons. The quantitative estimate of drug-likeness (QED) is 0.839. The molecule has 3 heterocycles. The first-order valence-electron chi connectivity index (χ1n) is 9.18. The highest BCUT2D eigenvalue weighted by Crippen LogP contribution is 2.39. The lowest BCUT2D eigenvalue weighted by Gasteiger charge is -2.40. The van der Waals surface area contributed by atoms with E-state index < -0.39 is 17.3 Å². The Bertz CT molecular complexity index is 496. The molecule has 0 aromatic carbocycles. The number of carbonyl (C=O) groups is 2. The number of β-amino-alcohol motifs (C(OH)–C–C–N with tert-alkyl or cyclic N) is 1. The Labute approximate surface area is 144 Å². The number of hydrogen-bond donors (Lipinski definition) is 1. The lowest BCUT2D eigenvalue weighted by Crippen LogP contribution is -2.53. The molecule has 0 unspecified atom stereocenters. The summed E-state index contributed by atoms with van der Waals surface area (Å²) < 4.78 is 5.40. The third kappa shape index (κ3) is 3.68. The van der Waals surface area contributed by atoms with E-state index in [2.05, 4.69) is 0 Å². The van der Waals surface area contributed by atoms with Crippen molar-refractivity contribution in [2.45, 2.75) is 89.0 Å². The van der Waals surface area contributed by atoms with E-state index in [-0.39, 0.29) is 18.9 Å². The van der Waals surface area contributed by atoms with E-state index in [9.17, 15) is 14.7 Å². The number of piperidine rings is 1. The standard InChI is InChI=1S/C18H30N2O4/c1-17(2,3)24-16(22)19-10-4-9-18(23,12-19)11-15(21)20-13-5-6-14(20)8-7-13/h13-14,23H,4-12H2,1-3H3/t13?,14?,18-/m1/s1. The van der Waals surface area contributed by atoms with Crippen LogP contribution in [0.1, 0.15) is 65.7 Å². The predicted molar refractivity (Wildman–Crippen MR) is 89.5 cm³/mol. The van der Waals surface area contributed by atoms with Crippen LogP contribution in [0.3, 0.4) is 0 Å². The van der Waals surface area contributed by atoms with Crippen molar-refractivity contribution >= 4 is 12.0 Å². The molecule has 2 amide bonds. The molecule has 2 bridgehead atoms. The lowest BCUT2D eigenvalue weighted by molar-refractivity contribution is -0.140. The maximum atomic E-state index is 12.7. The van der Waals surface area contributed by atoms with Gasteiger partial charge >= 0.3 is 6.09 Å². The van der Waals surface area contributed by atoms with Crippen molar-refractivity contribution in [1.29, 1.82) is 0 Å². The van der Waals surface area contributed by atoms with Crippen LogP contribution in [0, 0.1) is 0 Å². The number of amides is 2. The second-order valence-corrected chi connectivity index (χ2v) is 8.67. The molecular formula is C18H30N2O4. The monoisotopic (exact) mass is 338 g/mol. The third-order valence-electron chi connectivity index (χ3n) is 5.43. The molecule has 3 saturated heterocycles. The molecule has 6 nitrogen and oxygen atoms in total. The number of ether oxygens (including phenoxy) is 1. The van der Waals surface area contributed by atoms with Crippen molar-refractivity contribution < 1.29 is 19.4 Å². The average molecular weight is 338 g/mol. The summed E-state index contributed by atoms with van der Waals surface area (Å²) in [5.74, 6) is 0.0496. The summed E-state index contributed by atoms with van der Waals surface area (Å²) in [6.07, 6.45) is 5.33. The van der Waals surface area contributed by atoms with Crippen LogP contribution in [0.4, 0.5) is 4.79 Å². The first-order chi connectivity index (χ1) is 11.2. The van der Waals surface area contributed by atoms with Crippen molar-refractivity contribution in [3.63, 3.8) is 0 Å². The van der Waals surface area contributed by atoms with Crippen molar-refractivity contribution in [2.75, 3.05) is 13.1 Å². The second kappa shape index (κ2) is 6.21. The zero-order valence-electron chi connectivity index (χ0n) is 15.1. The van der Waals surface area contributed by atoms with Gasteiger partial charge in [0.05, 0.1) is 18.6 Å². The molecule has 0 aliphatic carbocycles. The zero-order valence-corrected chi connectivity index (χ0v) is 15.1. The fraction of sp³-hybridized carbons (Fsp3) is 0.889. The Hall–Kier alpha value is -1.30. The maximum absolute atomic E-state index is 12.7. The molecule has 0 radical (unpaired) electrons. The average Bonchev–Trinajstić information content (AvgIpc) is 3.05. The Balaban J connectivity index is 1.60. The SMILES string of the molecule is CC(C)(C)OC(=O)N1CCC[C@@](O)(CC(=O)N2C3CCC2CC3)C1. The summed E-state index contributed by atoms with van der Waals surface area (Å²) >= 11 is 0. The van der Waals surface area contributed by atoms with Gasteiger partial charge in [-0.3, -0.25) is 4.79 Å². The highest BCUT2D eigenvalue weighted by atomic mass is 16.6. The summed E-state index contributed by atoms with van der Waals surface area (Å²) in [4.78, 5) is 28.5. The Kier molecular flexibility index (Phi) is 4.53. The maximum Gasteiger partial charge on any atom is 0.410 e. The number of aliphatic hydroxyl groups is 1. The minimum absolute atomic E-state index is 0.0496. The molecule has 6 heteroatoms. The smallest absolute Gasteiger partial charge is 0.410 e. The predicted octanol–water partition coefficient (Wildman–Crippen LogP) is 2.29. The Morgan fingerprint density at radius 3 is 2.29 bits per heavy atom. The fourth-order valence-electron chi connectivity index (χ4n) is 4.43. The summed E-state index contributed by atoms with van der Waals surface area (Å²) in [5, 5.41) is 10.9. The van der Waals surface area contributed by atoms with Gasteiger partial charge in [0.1, 0.15) is 5.60 Å². The van der Waals surface area contributed by atoms with Gasteiger partial charge in [0, 0.05) is 18.6 Å². The van der Waals surface area contributed by atoms with Crippen molar-refractivity contribution in [3.8, 4) is 0 Å². The van der Waals surface area contributed by atoms with E-state index in [0.29, 0.717) is 31.5 Å². The van der Waals surface area contributed by atoms with Crippen LogP contribution in [-0.2, 0) is 9.53 Å². The van der Waals surface area contributed by atoms with E-state index >= 15 is 0 Å². The van der Waals surface area contributed by atoms with E-state index in [0.717, 1.165) is 25.7 Å². The normalized spacial score (nSPS) is 33.0. The van der Waals surface area contributed by atoms with Crippen LogP contribution in [0.15, 0.2) is 0 Å². The molecule has 3 aliphatic rings. The number of rotatable bonds is 2. The molecule has 0 spiro atoms. The van der Waals surface area contributed by atoms with E-state index in [4.69, 9.17) is 4.74 Å². The van der Waals surface area contributed by atoms with Gasteiger partial charge < -0.3 is 19.6 Å². The zero-order chi connectivity index (χ0) is 17.5. The van der Waals surface area contributed by atoms with Gasteiger partial charge in [-0.05, 0) is 59.3 Å². The number of hydrogen-bond acceptors (Lipinski definition) is 4. The van der Waals surface area contributed by atoms with Gasteiger partial charge in [0.2, 0.25) is 5.91 Å². The van der Waals surface area contributed by atoms with Crippen LogP contribution in [0.25, 0.3) is 0 Å². The minimum atomic E-state index is -1.13. The Morgan fingerprint density at radius 1 is 1.17 bits per heavy atom. The van der Waals surface area contributed by atoms with Gasteiger partial charge in [-0.2, -0.15) is 0 Å². The molecule has 1 atom stereocenters. The number of carbonyl (C=O) groups excluding carboxylic acids is 2. The van der Waals surface area contributed by atoms with Crippen LogP contribution in [0.2, 0.25) is 0 Å². The van der Waals surface area contributed by atoms with E-state index in [1.807, 2.05) is 25.7 Å². The summed E-state index contributed by atoms with van der Waals surface area (Å²) in [5.41, 5.74) is -1.69. The third-order valence-corrected chi connectivity index (χ3v) is 5.43. The molecule has 3 rings (SSSR count). The number of nitrogens with zero attached hydrogens (tertiary/aromatic N) is 2. The van der Waals surface area contributed by atoms with Crippen LogP contribution < -0.4 is 0 Å². The first kappa shape index (κ1) is 17.5. The van der Waals surface area contributed by atoms with E-state index in [1.54, 1.807) is 4.90 Å². The molecule has 3 fully saturated rings. The molecule has 1 N–H and O–H groups in total. The summed E-state index contributed by atoms with van der Waals surface area (Å²) in [7, 11) is 0. The molecule has 3 aliphatic heterocycles. The summed E-state index contributed by atoms with van der Waals surface area (Å²) in [6, 6.07) is 0.744. The van der Waals surface area contributed by atoms with Crippen molar-refractivity contribution in [1.82, 2.24) is 9.80 Å². The van der Waals surface area contributed by atoms with Gasteiger partial charge in [0.15, 0.2) is 0 Å². The minimum Gasteiger partial charge on any atom is -0.444 e. The number of likely N-dealkylation sites (tertiary alicyclic amines) is 1. The van der Waals surface area contributed by atoms with Crippen LogP contribution in [0.5, 0.6) is 0 Å². The lowest BCUT2D eigenvalue weighted by atomic mass is 9.89. The largest absolute Gasteiger partial charge is 0.444 e. The fourth-order valence-corrected chi connectivity index (χ4v) is 4.43. The molecule has 0 aromatic heterocycles. The molecule has 24 heavy (non-hydrogen) atoms. The number of fused-ring (bicyclic) bond motifs is 2. The summed E-state index contributed by atoms with van der Waals surface area (Å²) in [6.45, 7) is 6.23. The van der Waals surface area contributed by atoms with Gasteiger partial charge in [0.25, 0.3) is 0 Å². The molecule has 0 aromatic rings. The second-order valence-electron chi connectivity index (χ2n) is 8.67. The van der Waals surface area contributed by atoms with Gasteiger partial charge in [-0.25, -0.2) is 4.79 Å². The molecular weight excluding hydrogens is 308 g/mol. The highest BCUT2D eigenvalue weighted by Gasteiger charge is 2.45. The highest BCUT2D eigenvalue weighted by molar-refractivity contribution is 5.79. The van der Waals surface area contributed by atoms with Crippen molar-refractivity contribution in [2.24, 2.45) is 0 Å². The molecule has 0 saturated carbocycles. The van der Waals surface area contributed by atoms with Gasteiger partial charge in [-0.15, -0.1) is 0 Å². The Morgan fingerprint density at radius 2 is 1.75 bits per heavy atom. The van der Waals surface area contributed by atoms with Crippen LogP contribution >= 0.6 is 0 Å². The van der Waals surface area contributed by atoms with Crippen LogP contribution in [-0.4, -0.2) is 63.3 Å². The van der Waals surface area contributed by atoms with Gasteiger partial charge in [-0.1, -0.05) is 0 Å². The van der Waals surface area contributed by atoms with E-state index in [1.165, 1.54) is 0 Å².